The van der Waals surface area contributed by atoms with Gasteiger partial charge in [-0.1, -0.05) is 19.0 Å². The van der Waals surface area contributed by atoms with Crippen molar-refractivity contribution in [2.24, 2.45) is 4.99 Å². The number of rotatable bonds is 8. The first-order chi connectivity index (χ1) is 11.3. The van der Waals surface area contributed by atoms with Crippen molar-refractivity contribution in [1.82, 2.24) is 20.7 Å². The van der Waals surface area contributed by atoms with Gasteiger partial charge in [-0.15, -0.1) is 0 Å². The number of aromatic nitrogens is 1. The number of hydrogen-bond donors (Lipinski definition) is 2. The van der Waals surface area contributed by atoms with E-state index in [0.29, 0.717) is 19.0 Å². The van der Waals surface area contributed by atoms with Crippen LogP contribution in [0.3, 0.4) is 0 Å². The quantitative estimate of drug-likeness (QED) is 0.555. The van der Waals surface area contributed by atoms with E-state index < -0.39 is 12.7 Å². The summed E-state index contributed by atoms with van der Waals surface area (Å²) in [4.78, 5) is 5.29. The van der Waals surface area contributed by atoms with Gasteiger partial charge in [0.1, 0.15) is 5.76 Å². The van der Waals surface area contributed by atoms with Crippen molar-refractivity contribution < 1.29 is 17.7 Å². The molecule has 0 fully saturated rings. The second-order valence-corrected chi connectivity index (χ2v) is 5.44. The topological polar surface area (TPSA) is 65.7 Å². The number of nitrogens with zero attached hydrogens (tertiary/aromatic N) is 3. The molecule has 0 amide bonds. The van der Waals surface area contributed by atoms with Gasteiger partial charge in [0.2, 0.25) is 0 Å². The molecular weight excluding hydrogens is 323 g/mol. The third kappa shape index (κ3) is 6.77. The van der Waals surface area contributed by atoms with Gasteiger partial charge in [-0.25, -0.2) is 0 Å². The lowest BCUT2D eigenvalue weighted by atomic mass is 10.1. The van der Waals surface area contributed by atoms with Gasteiger partial charge < -0.3 is 15.2 Å². The zero-order chi connectivity index (χ0) is 18.2. The highest BCUT2D eigenvalue weighted by Gasteiger charge is 2.28. The van der Waals surface area contributed by atoms with Crippen LogP contribution in [0, 0.1) is 0 Å². The molecule has 0 saturated heterocycles. The maximum absolute atomic E-state index is 12.3. The van der Waals surface area contributed by atoms with Gasteiger partial charge in [0, 0.05) is 38.7 Å². The van der Waals surface area contributed by atoms with Crippen LogP contribution in [0.15, 0.2) is 9.52 Å². The van der Waals surface area contributed by atoms with Crippen LogP contribution in [0.5, 0.6) is 0 Å². The van der Waals surface area contributed by atoms with E-state index in [1.165, 1.54) is 11.9 Å². The molecule has 6 nitrogen and oxygen atoms in total. The number of likely N-dealkylation sites (N-methyl/N-ethyl adjacent to an activating group) is 1. The molecule has 0 aliphatic rings. The number of nitrogens with one attached hydrogen (secondary N) is 2. The van der Waals surface area contributed by atoms with E-state index in [1.807, 2.05) is 13.8 Å². The Balaban J connectivity index is 2.45. The second kappa shape index (κ2) is 9.51. The van der Waals surface area contributed by atoms with Crippen LogP contribution in [0.4, 0.5) is 13.2 Å². The lowest BCUT2D eigenvalue weighted by Gasteiger charge is -2.19. The number of alkyl halides is 3. The third-order valence-corrected chi connectivity index (χ3v) is 3.50. The predicted octanol–water partition coefficient (Wildman–Crippen LogP) is 1.96. The number of hydrogen-bond acceptors (Lipinski definition) is 4. The molecule has 138 valence electrons. The summed E-state index contributed by atoms with van der Waals surface area (Å²) in [5, 5.41) is 10.2. The highest BCUT2D eigenvalue weighted by molar-refractivity contribution is 5.79. The number of halogens is 3. The van der Waals surface area contributed by atoms with Crippen molar-refractivity contribution >= 4 is 5.96 Å². The van der Waals surface area contributed by atoms with Crippen LogP contribution in [-0.2, 0) is 19.4 Å². The highest BCUT2D eigenvalue weighted by Crippen LogP contribution is 2.16. The Morgan fingerprint density at radius 1 is 1.25 bits per heavy atom. The fraction of sp³-hybridized carbons (Fsp3) is 0.733. The van der Waals surface area contributed by atoms with E-state index in [1.54, 1.807) is 7.05 Å². The zero-order valence-corrected chi connectivity index (χ0v) is 14.6. The lowest BCUT2D eigenvalue weighted by molar-refractivity contribution is -0.142. The largest absolute Gasteiger partial charge is 0.401 e. The van der Waals surface area contributed by atoms with Gasteiger partial charge in [0.15, 0.2) is 5.96 Å². The predicted molar refractivity (Wildman–Crippen MR) is 87.0 cm³/mol. The van der Waals surface area contributed by atoms with E-state index in [2.05, 4.69) is 20.8 Å². The van der Waals surface area contributed by atoms with Crippen molar-refractivity contribution in [3.63, 3.8) is 0 Å². The van der Waals surface area contributed by atoms with Gasteiger partial charge >= 0.3 is 6.18 Å². The molecule has 0 radical (unpaired) electrons. The molecule has 0 saturated carbocycles. The van der Waals surface area contributed by atoms with Gasteiger partial charge in [0.25, 0.3) is 0 Å². The van der Waals surface area contributed by atoms with Crippen LogP contribution in [0.2, 0.25) is 0 Å². The number of guanidine groups is 1. The third-order valence-electron chi connectivity index (χ3n) is 3.50. The SMILES string of the molecule is CCc1noc(CC)c1CNC(=NC)NCCN(C)CC(F)(F)F. The fourth-order valence-electron chi connectivity index (χ4n) is 2.28. The van der Waals surface area contributed by atoms with Crippen molar-refractivity contribution in [2.75, 3.05) is 33.7 Å². The van der Waals surface area contributed by atoms with E-state index in [-0.39, 0.29) is 6.54 Å². The van der Waals surface area contributed by atoms with Gasteiger partial charge in [-0.3, -0.25) is 9.89 Å². The van der Waals surface area contributed by atoms with Gasteiger partial charge in [0.05, 0.1) is 12.2 Å². The molecule has 0 bridgehead atoms. The monoisotopic (exact) mass is 349 g/mol. The van der Waals surface area contributed by atoms with Crippen LogP contribution >= 0.6 is 0 Å². The Bertz CT molecular complexity index is 506. The smallest absolute Gasteiger partial charge is 0.361 e. The summed E-state index contributed by atoms with van der Waals surface area (Å²) in [6.07, 6.45) is -2.66. The maximum atomic E-state index is 12.3. The van der Waals surface area contributed by atoms with Crippen molar-refractivity contribution in [1.29, 1.82) is 0 Å². The highest BCUT2D eigenvalue weighted by atomic mass is 19.4. The zero-order valence-electron chi connectivity index (χ0n) is 14.6. The Kier molecular flexibility index (Phi) is 8.03. The molecule has 1 heterocycles. The minimum Gasteiger partial charge on any atom is -0.361 e. The first-order valence-corrected chi connectivity index (χ1v) is 7.96. The molecule has 0 atom stereocenters. The molecule has 0 aliphatic carbocycles. The molecule has 0 aliphatic heterocycles. The average Bonchev–Trinajstić information content (AvgIpc) is 2.90. The van der Waals surface area contributed by atoms with Crippen LogP contribution < -0.4 is 10.6 Å². The molecule has 0 unspecified atom stereocenters. The Labute approximate surface area is 140 Å². The molecule has 0 spiro atoms. The Morgan fingerprint density at radius 3 is 2.50 bits per heavy atom. The van der Waals surface area contributed by atoms with Crippen molar-refractivity contribution in [2.45, 2.75) is 39.4 Å². The van der Waals surface area contributed by atoms with Gasteiger partial charge in [-0.05, 0) is 13.5 Å². The van der Waals surface area contributed by atoms with E-state index in [0.717, 1.165) is 29.9 Å². The van der Waals surface area contributed by atoms with Gasteiger partial charge in [-0.2, -0.15) is 13.2 Å². The normalized spacial score (nSPS) is 12.8. The van der Waals surface area contributed by atoms with Crippen LogP contribution in [0.1, 0.15) is 30.9 Å². The summed E-state index contributed by atoms with van der Waals surface area (Å²) in [7, 11) is 3.05. The van der Waals surface area contributed by atoms with Crippen LogP contribution in [0.25, 0.3) is 0 Å². The standard InChI is InChI=1S/C15H26F3N5O/c1-5-12-11(13(6-2)24-22-12)9-21-14(19-3)20-7-8-23(4)10-15(16,17)18/h5-10H2,1-4H3,(H2,19,20,21). The van der Waals surface area contributed by atoms with Crippen molar-refractivity contribution in [3.8, 4) is 0 Å². The molecule has 2 N–H and O–H groups in total. The van der Waals surface area contributed by atoms with E-state index in [9.17, 15) is 13.2 Å². The molecule has 0 aromatic carbocycles. The lowest BCUT2D eigenvalue weighted by Crippen LogP contribution is -2.42. The molecule has 1 aromatic rings. The summed E-state index contributed by atoms with van der Waals surface area (Å²) >= 11 is 0. The first-order valence-electron chi connectivity index (χ1n) is 7.96. The summed E-state index contributed by atoms with van der Waals surface area (Å²) in [6, 6.07) is 0. The first kappa shape index (κ1) is 20.3. The summed E-state index contributed by atoms with van der Waals surface area (Å²) < 4.78 is 42.1. The fourth-order valence-corrected chi connectivity index (χ4v) is 2.28. The molecule has 1 aromatic heterocycles. The summed E-state index contributed by atoms with van der Waals surface area (Å²) in [5.41, 5.74) is 1.91. The summed E-state index contributed by atoms with van der Waals surface area (Å²) in [6.45, 7) is 4.19. The maximum Gasteiger partial charge on any atom is 0.401 e. The van der Waals surface area contributed by atoms with E-state index >= 15 is 0 Å². The van der Waals surface area contributed by atoms with Crippen LogP contribution in [-0.4, -0.2) is 55.9 Å². The Hall–Kier alpha value is -1.77. The number of aliphatic imine (C=N–C) groups is 1. The summed E-state index contributed by atoms with van der Waals surface area (Å²) in [5.74, 6) is 1.36. The second-order valence-electron chi connectivity index (χ2n) is 5.44. The minimum atomic E-state index is -4.18. The average molecular weight is 349 g/mol. The molecule has 9 heteroatoms. The molecule has 1 rings (SSSR count). The van der Waals surface area contributed by atoms with Crippen molar-refractivity contribution in [3.05, 3.63) is 17.0 Å². The van der Waals surface area contributed by atoms with E-state index in [4.69, 9.17) is 4.52 Å². The molecule has 24 heavy (non-hydrogen) atoms. The number of aryl methyl sites for hydroxylation is 2. The minimum absolute atomic E-state index is 0.258. The molecular formula is C15H26F3N5O. The Morgan fingerprint density at radius 2 is 1.96 bits per heavy atom.